The van der Waals surface area contributed by atoms with E-state index >= 15 is 0 Å². The molecule has 0 spiro atoms. The number of nitrogens with zero attached hydrogens (tertiary/aromatic N) is 3. The average molecular weight is 267 g/mol. The van der Waals surface area contributed by atoms with Gasteiger partial charge in [-0.3, -0.25) is 9.38 Å². The molecular weight excluding hydrogens is 250 g/mol. The zero-order chi connectivity index (χ0) is 14.3. The van der Waals surface area contributed by atoms with E-state index in [1.807, 2.05) is 57.3 Å². The summed E-state index contributed by atoms with van der Waals surface area (Å²) in [4.78, 5) is 8.89. The molecule has 2 aromatic heterocycles. The maximum absolute atomic E-state index is 10.4. The van der Waals surface area contributed by atoms with E-state index < -0.39 is 0 Å². The molecule has 20 heavy (non-hydrogen) atoms. The molecule has 0 aliphatic carbocycles. The van der Waals surface area contributed by atoms with Crippen LogP contribution in [0.3, 0.4) is 0 Å². The van der Waals surface area contributed by atoms with Crippen molar-refractivity contribution in [2.75, 3.05) is 0 Å². The van der Waals surface area contributed by atoms with E-state index in [-0.39, 0.29) is 11.3 Å². The van der Waals surface area contributed by atoms with Gasteiger partial charge in [0.15, 0.2) is 5.65 Å². The Hall–Kier alpha value is -2.36. The van der Waals surface area contributed by atoms with Crippen LogP contribution in [0.15, 0.2) is 42.7 Å². The first-order chi connectivity index (χ1) is 9.47. The third-order valence-corrected chi connectivity index (χ3v) is 3.26. The third-order valence-electron chi connectivity index (χ3n) is 3.26. The minimum Gasteiger partial charge on any atom is -0.493 e. The van der Waals surface area contributed by atoms with Gasteiger partial charge in [0, 0.05) is 17.2 Å². The number of aromatic nitrogens is 3. The molecule has 4 heteroatoms. The van der Waals surface area contributed by atoms with Crippen LogP contribution in [-0.2, 0) is 5.41 Å². The molecule has 0 aliphatic rings. The first-order valence-electron chi connectivity index (χ1n) is 6.60. The number of benzene rings is 1. The summed E-state index contributed by atoms with van der Waals surface area (Å²) in [6.45, 7) is 6.08. The number of rotatable bonds is 1. The van der Waals surface area contributed by atoms with Gasteiger partial charge in [0.2, 0.25) is 5.88 Å². The van der Waals surface area contributed by atoms with Crippen molar-refractivity contribution >= 4 is 5.65 Å². The monoisotopic (exact) mass is 267 g/mol. The Morgan fingerprint density at radius 2 is 1.80 bits per heavy atom. The van der Waals surface area contributed by atoms with Crippen LogP contribution in [-0.4, -0.2) is 19.5 Å². The summed E-state index contributed by atoms with van der Waals surface area (Å²) in [7, 11) is 0. The lowest BCUT2D eigenvalue weighted by Crippen LogP contribution is -2.11. The Kier molecular flexibility index (Phi) is 2.74. The van der Waals surface area contributed by atoms with Crippen molar-refractivity contribution in [1.82, 2.24) is 14.4 Å². The number of imidazole rings is 1. The molecule has 0 aliphatic heterocycles. The molecule has 2 heterocycles. The van der Waals surface area contributed by atoms with Gasteiger partial charge >= 0.3 is 0 Å². The summed E-state index contributed by atoms with van der Waals surface area (Å²) in [5, 5.41) is 10.4. The molecule has 0 atom stereocenters. The van der Waals surface area contributed by atoms with Crippen LogP contribution in [0.1, 0.15) is 26.5 Å². The lowest BCUT2D eigenvalue weighted by molar-refractivity contribution is 0.421. The van der Waals surface area contributed by atoms with Crippen molar-refractivity contribution in [2.24, 2.45) is 0 Å². The molecule has 0 unspecified atom stereocenters. The standard InChI is InChI=1S/C16H17N3O/c1-16(2,3)14-15(20)19-10-12(17-9-13(19)18-14)11-7-5-4-6-8-11/h4-10,20H,1-3H3. The molecule has 0 radical (unpaired) electrons. The van der Waals surface area contributed by atoms with Gasteiger partial charge in [0.05, 0.1) is 11.9 Å². The van der Waals surface area contributed by atoms with Crippen LogP contribution < -0.4 is 0 Å². The maximum Gasteiger partial charge on any atom is 0.219 e. The third kappa shape index (κ3) is 2.03. The van der Waals surface area contributed by atoms with Crippen LogP contribution in [0.4, 0.5) is 0 Å². The first kappa shape index (κ1) is 12.7. The lowest BCUT2D eigenvalue weighted by Gasteiger charge is -2.14. The Balaban J connectivity index is 2.19. The molecule has 3 aromatic rings. The first-order valence-corrected chi connectivity index (χ1v) is 6.60. The van der Waals surface area contributed by atoms with Crippen molar-refractivity contribution in [3.05, 3.63) is 48.4 Å². The molecule has 1 N–H and O–H groups in total. The molecule has 0 fully saturated rings. The van der Waals surface area contributed by atoms with E-state index in [2.05, 4.69) is 9.97 Å². The fourth-order valence-corrected chi connectivity index (χ4v) is 2.20. The van der Waals surface area contributed by atoms with Gasteiger partial charge in [-0.2, -0.15) is 0 Å². The molecule has 3 rings (SSSR count). The zero-order valence-electron chi connectivity index (χ0n) is 11.8. The van der Waals surface area contributed by atoms with Gasteiger partial charge in [0.1, 0.15) is 5.69 Å². The second kappa shape index (κ2) is 4.34. The van der Waals surface area contributed by atoms with Gasteiger partial charge in [-0.25, -0.2) is 4.98 Å². The van der Waals surface area contributed by atoms with Crippen LogP contribution in [0.5, 0.6) is 5.88 Å². The summed E-state index contributed by atoms with van der Waals surface area (Å²) in [6.07, 6.45) is 3.51. The van der Waals surface area contributed by atoms with Gasteiger partial charge in [-0.1, -0.05) is 51.1 Å². The Bertz CT molecular complexity index is 754. The topological polar surface area (TPSA) is 50.4 Å². The molecular formula is C16H17N3O. The van der Waals surface area contributed by atoms with Crippen LogP contribution in [0.25, 0.3) is 16.9 Å². The number of hydrogen-bond donors (Lipinski definition) is 1. The van der Waals surface area contributed by atoms with Crippen molar-refractivity contribution in [1.29, 1.82) is 0 Å². The van der Waals surface area contributed by atoms with Gasteiger partial charge in [-0.15, -0.1) is 0 Å². The van der Waals surface area contributed by atoms with E-state index in [0.29, 0.717) is 11.3 Å². The van der Waals surface area contributed by atoms with Crippen molar-refractivity contribution in [2.45, 2.75) is 26.2 Å². The van der Waals surface area contributed by atoms with Crippen LogP contribution >= 0.6 is 0 Å². The van der Waals surface area contributed by atoms with Crippen molar-refractivity contribution in [3.63, 3.8) is 0 Å². The fraction of sp³-hybridized carbons (Fsp3) is 0.250. The van der Waals surface area contributed by atoms with Crippen molar-refractivity contribution < 1.29 is 5.11 Å². The number of aromatic hydroxyl groups is 1. The fourth-order valence-electron chi connectivity index (χ4n) is 2.20. The van der Waals surface area contributed by atoms with Crippen LogP contribution in [0.2, 0.25) is 0 Å². The summed E-state index contributed by atoms with van der Waals surface area (Å²) in [5.41, 5.74) is 2.96. The summed E-state index contributed by atoms with van der Waals surface area (Å²) in [6, 6.07) is 9.89. The Labute approximate surface area is 117 Å². The average Bonchev–Trinajstić information content (AvgIpc) is 2.77. The van der Waals surface area contributed by atoms with E-state index in [1.54, 1.807) is 10.6 Å². The summed E-state index contributed by atoms with van der Waals surface area (Å²) >= 11 is 0. The molecule has 102 valence electrons. The second-order valence-electron chi connectivity index (χ2n) is 5.90. The molecule has 4 nitrogen and oxygen atoms in total. The number of hydrogen-bond acceptors (Lipinski definition) is 3. The summed E-state index contributed by atoms with van der Waals surface area (Å²) in [5.74, 6) is 0.187. The smallest absolute Gasteiger partial charge is 0.219 e. The van der Waals surface area contributed by atoms with E-state index in [4.69, 9.17) is 0 Å². The Morgan fingerprint density at radius 3 is 2.45 bits per heavy atom. The highest BCUT2D eigenvalue weighted by Gasteiger charge is 2.24. The minimum atomic E-state index is -0.205. The molecule has 0 bridgehead atoms. The van der Waals surface area contributed by atoms with Crippen molar-refractivity contribution in [3.8, 4) is 17.1 Å². The summed E-state index contributed by atoms with van der Waals surface area (Å²) < 4.78 is 1.69. The molecule has 0 saturated carbocycles. The van der Waals surface area contributed by atoms with E-state index in [1.165, 1.54) is 0 Å². The highest BCUT2D eigenvalue weighted by Crippen LogP contribution is 2.31. The predicted molar refractivity (Wildman–Crippen MR) is 78.8 cm³/mol. The number of fused-ring (bicyclic) bond motifs is 1. The highest BCUT2D eigenvalue weighted by molar-refractivity contribution is 5.60. The molecule has 1 aromatic carbocycles. The molecule has 0 amide bonds. The minimum absolute atomic E-state index is 0.187. The van der Waals surface area contributed by atoms with Gasteiger partial charge < -0.3 is 5.11 Å². The lowest BCUT2D eigenvalue weighted by atomic mass is 9.92. The maximum atomic E-state index is 10.4. The normalized spacial score (nSPS) is 11.9. The quantitative estimate of drug-likeness (QED) is 0.735. The molecule has 0 saturated heterocycles. The van der Waals surface area contributed by atoms with Gasteiger partial charge in [0.25, 0.3) is 0 Å². The zero-order valence-corrected chi connectivity index (χ0v) is 11.8. The second-order valence-corrected chi connectivity index (χ2v) is 5.90. The predicted octanol–water partition coefficient (Wildman–Crippen LogP) is 3.40. The van der Waals surface area contributed by atoms with E-state index in [9.17, 15) is 5.11 Å². The largest absolute Gasteiger partial charge is 0.493 e. The SMILES string of the molecule is CC(C)(C)c1nc2cnc(-c3ccccc3)cn2c1O. The Morgan fingerprint density at radius 1 is 1.10 bits per heavy atom. The van der Waals surface area contributed by atoms with Gasteiger partial charge in [-0.05, 0) is 0 Å². The van der Waals surface area contributed by atoms with Crippen LogP contribution in [0, 0.1) is 0 Å². The van der Waals surface area contributed by atoms with E-state index in [0.717, 1.165) is 11.3 Å². The highest BCUT2D eigenvalue weighted by atomic mass is 16.3.